The zero-order valence-electron chi connectivity index (χ0n) is 24.7. The van der Waals surface area contributed by atoms with Gasteiger partial charge in [0.1, 0.15) is 0 Å². The summed E-state index contributed by atoms with van der Waals surface area (Å²) in [6, 6.07) is 0.757. The van der Waals surface area contributed by atoms with Crippen LogP contribution < -0.4 is 0 Å². The van der Waals surface area contributed by atoms with Crippen LogP contribution in [-0.2, 0) is 0 Å². The van der Waals surface area contributed by atoms with Gasteiger partial charge in [-0.1, -0.05) is 132 Å². The van der Waals surface area contributed by atoms with Gasteiger partial charge in [-0.05, 0) is 62.8 Å². The molecule has 0 bridgehead atoms. The summed E-state index contributed by atoms with van der Waals surface area (Å²) in [6.45, 7) is 21.3. The van der Waals surface area contributed by atoms with Crippen LogP contribution in [-0.4, -0.2) is 23.0 Å². The molecule has 3 unspecified atom stereocenters. The van der Waals surface area contributed by atoms with Crippen molar-refractivity contribution in [3.63, 3.8) is 0 Å². The normalized spacial score (nSPS) is 22.7. The molecule has 1 aliphatic rings. The van der Waals surface area contributed by atoms with Crippen molar-refractivity contribution in [1.82, 2.24) is 4.90 Å². The SMILES string of the molecule is CCCCCCC(C)(CCCC)C1CC(C)(C)CCN1C(C)(CCCCC)CCCCCC. The third kappa shape index (κ3) is 10.6. The molecule has 0 radical (unpaired) electrons. The fraction of sp³-hybridized carbons (Fsp3) is 1.00. The fourth-order valence-electron chi connectivity index (χ4n) is 6.68. The number of piperidine rings is 1. The first-order chi connectivity index (χ1) is 15.7. The Morgan fingerprint density at radius 3 is 1.64 bits per heavy atom. The van der Waals surface area contributed by atoms with E-state index in [1.807, 2.05) is 0 Å². The average molecular weight is 464 g/mol. The summed E-state index contributed by atoms with van der Waals surface area (Å²) in [4.78, 5) is 3.12. The minimum absolute atomic E-state index is 0.390. The molecular weight excluding hydrogens is 398 g/mol. The Kier molecular flexibility index (Phi) is 14.9. The molecule has 3 atom stereocenters. The van der Waals surface area contributed by atoms with Gasteiger partial charge < -0.3 is 0 Å². The number of unbranched alkanes of at least 4 members (excludes halogenated alkanes) is 9. The second-order valence-electron chi connectivity index (χ2n) is 13.2. The lowest BCUT2D eigenvalue weighted by atomic mass is 9.64. The summed E-state index contributed by atoms with van der Waals surface area (Å²) in [5, 5.41) is 0. The Labute approximate surface area is 211 Å². The van der Waals surface area contributed by atoms with Crippen LogP contribution in [0.5, 0.6) is 0 Å². The van der Waals surface area contributed by atoms with Crippen LogP contribution in [0.4, 0.5) is 0 Å². The highest BCUT2D eigenvalue weighted by molar-refractivity contribution is 5.02. The summed E-state index contributed by atoms with van der Waals surface area (Å²) < 4.78 is 0. The maximum absolute atomic E-state index is 3.12. The second-order valence-corrected chi connectivity index (χ2v) is 13.2. The van der Waals surface area contributed by atoms with Gasteiger partial charge in [0, 0.05) is 11.6 Å². The van der Waals surface area contributed by atoms with Crippen LogP contribution in [0.1, 0.15) is 177 Å². The third-order valence-corrected chi connectivity index (χ3v) is 9.24. The average Bonchev–Trinajstić information content (AvgIpc) is 2.78. The van der Waals surface area contributed by atoms with Gasteiger partial charge in [0.2, 0.25) is 0 Å². The van der Waals surface area contributed by atoms with Crippen molar-refractivity contribution in [2.45, 2.75) is 189 Å². The Hall–Kier alpha value is -0.0400. The van der Waals surface area contributed by atoms with Crippen molar-refractivity contribution in [3.05, 3.63) is 0 Å². The first-order valence-electron chi connectivity index (χ1n) is 15.4. The smallest absolute Gasteiger partial charge is 0.0184 e. The third-order valence-electron chi connectivity index (χ3n) is 9.24. The Bertz CT molecular complexity index is 483. The predicted octanol–water partition coefficient (Wildman–Crippen LogP) is 11.0. The van der Waals surface area contributed by atoms with Gasteiger partial charge in [-0.25, -0.2) is 0 Å². The first kappa shape index (κ1) is 31.0. The maximum atomic E-state index is 3.12. The van der Waals surface area contributed by atoms with E-state index in [0.717, 1.165) is 6.04 Å². The van der Waals surface area contributed by atoms with Gasteiger partial charge >= 0.3 is 0 Å². The number of nitrogens with zero attached hydrogens (tertiary/aromatic N) is 1. The summed E-state index contributed by atoms with van der Waals surface area (Å²) in [7, 11) is 0. The van der Waals surface area contributed by atoms with Gasteiger partial charge in [0.25, 0.3) is 0 Å². The van der Waals surface area contributed by atoms with Crippen molar-refractivity contribution in [3.8, 4) is 0 Å². The van der Waals surface area contributed by atoms with Gasteiger partial charge in [-0.15, -0.1) is 0 Å². The summed E-state index contributed by atoms with van der Waals surface area (Å²) in [5.41, 5.74) is 1.35. The molecule has 198 valence electrons. The summed E-state index contributed by atoms with van der Waals surface area (Å²) in [6.07, 6.45) is 26.6. The molecule has 1 rings (SSSR count). The van der Waals surface area contributed by atoms with Crippen molar-refractivity contribution in [1.29, 1.82) is 0 Å². The second kappa shape index (κ2) is 15.9. The molecule has 0 saturated carbocycles. The Morgan fingerprint density at radius 2 is 1.09 bits per heavy atom. The minimum Gasteiger partial charge on any atom is -0.294 e. The molecule has 1 heterocycles. The van der Waals surface area contributed by atoms with E-state index < -0.39 is 0 Å². The molecule has 1 fully saturated rings. The van der Waals surface area contributed by atoms with Crippen LogP contribution in [0, 0.1) is 10.8 Å². The summed E-state index contributed by atoms with van der Waals surface area (Å²) in [5.74, 6) is 0. The van der Waals surface area contributed by atoms with E-state index in [9.17, 15) is 0 Å². The fourth-order valence-corrected chi connectivity index (χ4v) is 6.68. The van der Waals surface area contributed by atoms with Crippen molar-refractivity contribution >= 4 is 0 Å². The van der Waals surface area contributed by atoms with E-state index in [4.69, 9.17) is 0 Å². The number of hydrogen-bond donors (Lipinski definition) is 0. The van der Waals surface area contributed by atoms with E-state index in [1.165, 1.54) is 129 Å². The van der Waals surface area contributed by atoms with Crippen molar-refractivity contribution < 1.29 is 0 Å². The van der Waals surface area contributed by atoms with Gasteiger partial charge in [-0.3, -0.25) is 4.90 Å². The van der Waals surface area contributed by atoms with E-state index in [1.54, 1.807) is 0 Å². The van der Waals surface area contributed by atoms with Crippen LogP contribution in [0.15, 0.2) is 0 Å². The lowest BCUT2D eigenvalue weighted by Gasteiger charge is -2.58. The number of hydrogen-bond acceptors (Lipinski definition) is 1. The molecule has 0 aliphatic carbocycles. The predicted molar refractivity (Wildman–Crippen MR) is 151 cm³/mol. The molecule has 0 aromatic carbocycles. The summed E-state index contributed by atoms with van der Waals surface area (Å²) >= 11 is 0. The lowest BCUT2D eigenvalue weighted by molar-refractivity contribution is -0.0795. The Morgan fingerprint density at radius 1 is 0.636 bits per heavy atom. The molecule has 1 aliphatic heterocycles. The highest BCUT2D eigenvalue weighted by Crippen LogP contribution is 2.49. The number of likely N-dealkylation sites (tertiary alicyclic amines) is 1. The van der Waals surface area contributed by atoms with Crippen molar-refractivity contribution in [2.24, 2.45) is 10.8 Å². The van der Waals surface area contributed by atoms with Crippen LogP contribution in [0.25, 0.3) is 0 Å². The first-order valence-corrected chi connectivity index (χ1v) is 15.4. The van der Waals surface area contributed by atoms with Gasteiger partial charge in [-0.2, -0.15) is 0 Å². The number of rotatable bonds is 19. The van der Waals surface area contributed by atoms with Crippen LogP contribution >= 0.6 is 0 Å². The molecule has 0 spiro atoms. The van der Waals surface area contributed by atoms with E-state index >= 15 is 0 Å². The molecule has 1 heteroatoms. The van der Waals surface area contributed by atoms with Crippen molar-refractivity contribution in [2.75, 3.05) is 6.54 Å². The lowest BCUT2D eigenvalue weighted by Crippen LogP contribution is -2.61. The minimum atomic E-state index is 0.390. The highest BCUT2D eigenvalue weighted by atomic mass is 15.2. The molecule has 0 amide bonds. The standard InChI is InChI=1S/C32H65N/c1-9-13-17-20-23-31(7,22-16-12-4)29-28-30(5,6)26-27-33(29)32(8,24-19-15-11-3)25-21-18-14-10-2/h29H,9-28H2,1-8H3. The molecule has 33 heavy (non-hydrogen) atoms. The zero-order chi connectivity index (χ0) is 24.8. The topological polar surface area (TPSA) is 3.24 Å². The quantitative estimate of drug-likeness (QED) is 0.172. The van der Waals surface area contributed by atoms with E-state index in [-0.39, 0.29) is 0 Å². The molecule has 0 N–H and O–H groups in total. The molecule has 0 aromatic rings. The van der Waals surface area contributed by atoms with E-state index in [0.29, 0.717) is 16.4 Å². The zero-order valence-corrected chi connectivity index (χ0v) is 24.7. The monoisotopic (exact) mass is 464 g/mol. The largest absolute Gasteiger partial charge is 0.294 e. The van der Waals surface area contributed by atoms with Gasteiger partial charge in [0.15, 0.2) is 0 Å². The maximum Gasteiger partial charge on any atom is 0.0184 e. The highest BCUT2D eigenvalue weighted by Gasteiger charge is 2.48. The Balaban J connectivity index is 3.20. The molecule has 1 saturated heterocycles. The van der Waals surface area contributed by atoms with Crippen LogP contribution in [0.2, 0.25) is 0 Å². The van der Waals surface area contributed by atoms with Crippen LogP contribution in [0.3, 0.4) is 0 Å². The van der Waals surface area contributed by atoms with Gasteiger partial charge in [0.05, 0.1) is 0 Å². The molecular formula is C32H65N. The van der Waals surface area contributed by atoms with E-state index in [2.05, 4.69) is 60.3 Å². The molecule has 0 aromatic heterocycles. The molecule has 1 nitrogen and oxygen atoms in total.